The Labute approximate surface area is 130 Å². The largest absolute Gasteiger partial charge is 0.490 e. The summed E-state index contributed by atoms with van der Waals surface area (Å²) in [6.07, 6.45) is -1.78. The molecule has 0 unspecified atom stereocenters. The molecule has 0 radical (unpaired) electrons. The van der Waals surface area contributed by atoms with Gasteiger partial charge < -0.3 is 20.4 Å². The lowest BCUT2D eigenvalue weighted by molar-refractivity contribution is -0.192. The Morgan fingerprint density at radius 1 is 1.30 bits per heavy atom. The number of aliphatic hydroxyl groups is 1. The number of amides is 1. The molecule has 2 rings (SSSR count). The number of nitriles is 1. The number of rotatable bonds is 2. The van der Waals surface area contributed by atoms with Crippen LogP contribution in [0.2, 0.25) is 0 Å². The number of carbonyl (C=O) groups is 2. The van der Waals surface area contributed by atoms with Crippen molar-refractivity contribution < 1.29 is 33.0 Å². The molecule has 2 saturated heterocycles. The predicted molar refractivity (Wildman–Crippen MR) is 71.1 cm³/mol. The second-order valence-corrected chi connectivity index (χ2v) is 5.30. The SMILES string of the molecule is N#C[C@@H]1CCCN1C(=O)[C@@H]1CC[C@H](CO)N1.O=C(O)C(F)(F)F. The fourth-order valence-corrected chi connectivity index (χ4v) is 2.52. The van der Waals surface area contributed by atoms with Crippen LogP contribution in [0.5, 0.6) is 0 Å². The number of aliphatic hydroxyl groups excluding tert-OH is 1. The van der Waals surface area contributed by atoms with Gasteiger partial charge in [0.2, 0.25) is 5.91 Å². The third-order valence-electron chi connectivity index (χ3n) is 3.69. The molecule has 1 amide bonds. The van der Waals surface area contributed by atoms with E-state index in [9.17, 15) is 18.0 Å². The number of hydrogen-bond donors (Lipinski definition) is 3. The Morgan fingerprint density at radius 3 is 2.35 bits per heavy atom. The lowest BCUT2D eigenvalue weighted by Crippen LogP contribution is -2.47. The summed E-state index contributed by atoms with van der Waals surface area (Å²) in [5.74, 6) is -2.73. The van der Waals surface area contributed by atoms with Crippen LogP contribution in [0.1, 0.15) is 25.7 Å². The van der Waals surface area contributed by atoms with Crippen molar-refractivity contribution in [3.05, 3.63) is 0 Å². The van der Waals surface area contributed by atoms with Crippen molar-refractivity contribution in [1.29, 1.82) is 5.26 Å². The summed E-state index contributed by atoms with van der Waals surface area (Å²) < 4.78 is 31.7. The maximum Gasteiger partial charge on any atom is 0.490 e. The van der Waals surface area contributed by atoms with Crippen LogP contribution in [-0.4, -0.2) is 64.4 Å². The minimum atomic E-state index is -5.08. The lowest BCUT2D eigenvalue weighted by Gasteiger charge is -2.23. The number of halogens is 3. The normalized spacial score (nSPS) is 27.1. The molecule has 0 bridgehead atoms. The van der Waals surface area contributed by atoms with Crippen molar-refractivity contribution in [3.8, 4) is 6.07 Å². The number of aliphatic carboxylic acids is 1. The molecule has 2 aliphatic heterocycles. The van der Waals surface area contributed by atoms with Gasteiger partial charge in [0.15, 0.2) is 0 Å². The monoisotopic (exact) mass is 337 g/mol. The third kappa shape index (κ3) is 5.37. The van der Waals surface area contributed by atoms with Gasteiger partial charge >= 0.3 is 12.1 Å². The van der Waals surface area contributed by atoms with Crippen LogP contribution in [0.4, 0.5) is 13.2 Å². The highest BCUT2D eigenvalue weighted by Gasteiger charge is 2.38. The van der Waals surface area contributed by atoms with Crippen molar-refractivity contribution >= 4 is 11.9 Å². The molecule has 2 fully saturated rings. The van der Waals surface area contributed by atoms with Crippen LogP contribution >= 0.6 is 0 Å². The second-order valence-electron chi connectivity index (χ2n) is 5.30. The molecular weight excluding hydrogens is 319 g/mol. The van der Waals surface area contributed by atoms with Gasteiger partial charge in [0.25, 0.3) is 0 Å². The van der Waals surface area contributed by atoms with Crippen molar-refractivity contribution in [3.63, 3.8) is 0 Å². The number of hydrogen-bond acceptors (Lipinski definition) is 5. The van der Waals surface area contributed by atoms with E-state index >= 15 is 0 Å². The van der Waals surface area contributed by atoms with Crippen molar-refractivity contribution in [2.45, 2.75) is 50.0 Å². The molecule has 0 spiro atoms. The quantitative estimate of drug-likeness (QED) is 0.665. The van der Waals surface area contributed by atoms with Gasteiger partial charge in [0.1, 0.15) is 6.04 Å². The van der Waals surface area contributed by atoms with E-state index in [0.717, 1.165) is 25.7 Å². The molecule has 10 heteroatoms. The van der Waals surface area contributed by atoms with Gasteiger partial charge in [-0.1, -0.05) is 0 Å². The van der Waals surface area contributed by atoms with Gasteiger partial charge in [-0.2, -0.15) is 18.4 Å². The minimum Gasteiger partial charge on any atom is -0.475 e. The Kier molecular flexibility index (Phi) is 6.78. The van der Waals surface area contributed by atoms with Crippen molar-refractivity contribution in [2.75, 3.05) is 13.2 Å². The van der Waals surface area contributed by atoms with Gasteiger partial charge in [-0.25, -0.2) is 4.79 Å². The maximum atomic E-state index is 12.1. The third-order valence-corrected chi connectivity index (χ3v) is 3.69. The number of nitrogens with one attached hydrogen (secondary N) is 1. The highest BCUT2D eigenvalue weighted by Crippen LogP contribution is 2.21. The minimum absolute atomic E-state index is 0.0278. The first-order chi connectivity index (χ1) is 10.7. The van der Waals surface area contributed by atoms with Gasteiger partial charge in [0, 0.05) is 12.6 Å². The van der Waals surface area contributed by atoms with Crippen LogP contribution in [-0.2, 0) is 9.59 Å². The molecule has 0 aromatic carbocycles. The Balaban J connectivity index is 0.000000322. The smallest absolute Gasteiger partial charge is 0.475 e. The highest BCUT2D eigenvalue weighted by atomic mass is 19.4. The molecule has 0 aromatic rings. The van der Waals surface area contributed by atoms with E-state index < -0.39 is 12.1 Å². The first kappa shape index (κ1) is 19.2. The summed E-state index contributed by atoms with van der Waals surface area (Å²) >= 11 is 0. The van der Waals surface area contributed by atoms with Gasteiger partial charge in [-0.3, -0.25) is 4.79 Å². The van der Waals surface area contributed by atoms with Crippen LogP contribution in [0, 0.1) is 11.3 Å². The zero-order valence-corrected chi connectivity index (χ0v) is 12.2. The average Bonchev–Trinajstić information content (AvgIpc) is 3.14. The number of alkyl halides is 3. The number of nitrogens with zero attached hydrogens (tertiary/aromatic N) is 2. The number of carboxylic acid groups (broad SMARTS) is 1. The molecule has 3 atom stereocenters. The standard InChI is InChI=1S/C11H17N3O2.C2HF3O2/c12-6-9-2-1-5-14(9)11(16)10-4-3-8(7-15)13-10;3-2(4,5)1(6)7/h8-10,13,15H,1-5,7H2;(H,6,7)/t8-,9+,10+;/m1./s1. The number of likely N-dealkylation sites (tertiary alicyclic amines) is 1. The number of carbonyl (C=O) groups excluding carboxylic acids is 1. The van der Waals surface area contributed by atoms with Crippen molar-refractivity contribution in [1.82, 2.24) is 10.2 Å². The molecule has 23 heavy (non-hydrogen) atoms. The molecule has 7 nitrogen and oxygen atoms in total. The van der Waals surface area contributed by atoms with E-state index in [4.69, 9.17) is 20.3 Å². The van der Waals surface area contributed by atoms with Crippen LogP contribution in [0.25, 0.3) is 0 Å². The topological polar surface area (TPSA) is 114 Å². The molecule has 2 aliphatic rings. The summed E-state index contributed by atoms with van der Waals surface area (Å²) in [5, 5.41) is 28.1. The summed E-state index contributed by atoms with van der Waals surface area (Å²) in [4.78, 5) is 22.7. The van der Waals surface area contributed by atoms with Crippen LogP contribution in [0.3, 0.4) is 0 Å². The summed E-state index contributed by atoms with van der Waals surface area (Å²) in [6.45, 7) is 0.768. The van der Waals surface area contributed by atoms with Crippen LogP contribution in [0.15, 0.2) is 0 Å². The summed E-state index contributed by atoms with van der Waals surface area (Å²) in [5.41, 5.74) is 0. The predicted octanol–water partition coefficient (Wildman–Crippen LogP) is 0.247. The first-order valence-electron chi connectivity index (χ1n) is 7.07. The Morgan fingerprint density at radius 2 is 1.91 bits per heavy atom. The summed E-state index contributed by atoms with van der Waals surface area (Å²) in [6, 6.07) is 1.76. The van der Waals surface area contributed by atoms with E-state index in [1.54, 1.807) is 4.90 Å². The fourth-order valence-electron chi connectivity index (χ4n) is 2.52. The van der Waals surface area contributed by atoms with Crippen LogP contribution < -0.4 is 5.32 Å². The summed E-state index contributed by atoms with van der Waals surface area (Å²) in [7, 11) is 0. The molecule has 0 saturated carbocycles. The van der Waals surface area contributed by atoms with E-state index in [2.05, 4.69) is 11.4 Å². The molecule has 3 N–H and O–H groups in total. The second kappa shape index (κ2) is 8.12. The van der Waals surface area contributed by atoms with E-state index in [0.29, 0.717) is 6.54 Å². The zero-order chi connectivity index (χ0) is 17.6. The molecule has 0 aliphatic carbocycles. The lowest BCUT2D eigenvalue weighted by atomic mass is 10.1. The zero-order valence-electron chi connectivity index (χ0n) is 12.2. The number of carboxylic acids is 1. The van der Waals surface area contributed by atoms with E-state index in [1.165, 1.54) is 0 Å². The van der Waals surface area contributed by atoms with Gasteiger partial charge in [-0.15, -0.1) is 0 Å². The Bertz CT molecular complexity index is 478. The van der Waals surface area contributed by atoms with Crippen molar-refractivity contribution in [2.24, 2.45) is 0 Å². The molecular formula is C13H18F3N3O4. The van der Waals surface area contributed by atoms with E-state index in [1.807, 2.05) is 0 Å². The molecule has 130 valence electrons. The highest BCUT2D eigenvalue weighted by molar-refractivity contribution is 5.83. The van der Waals surface area contributed by atoms with E-state index in [-0.39, 0.29) is 30.6 Å². The van der Waals surface area contributed by atoms with Gasteiger partial charge in [0.05, 0.1) is 18.7 Å². The molecule has 2 heterocycles. The van der Waals surface area contributed by atoms with Gasteiger partial charge in [-0.05, 0) is 25.7 Å². The molecule has 0 aromatic heterocycles. The maximum absolute atomic E-state index is 12.1. The average molecular weight is 337 g/mol. The first-order valence-corrected chi connectivity index (χ1v) is 7.07. The Hall–Kier alpha value is -1.86. The fraction of sp³-hybridized carbons (Fsp3) is 0.769.